The molecule has 1 aromatic carbocycles. The van der Waals surface area contributed by atoms with Crippen LogP contribution < -0.4 is 4.74 Å². The normalized spacial score (nSPS) is 14.7. The van der Waals surface area contributed by atoms with Gasteiger partial charge in [-0.25, -0.2) is 4.39 Å². The van der Waals surface area contributed by atoms with Crippen molar-refractivity contribution in [3.63, 3.8) is 0 Å². The summed E-state index contributed by atoms with van der Waals surface area (Å²) in [4.78, 5) is 0. The first-order valence-corrected chi connectivity index (χ1v) is 5.51. The van der Waals surface area contributed by atoms with Gasteiger partial charge >= 0.3 is 0 Å². The molecule has 0 saturated heterocycles. The highest BCUT2D eigenvalue weighted by molar-refractivity contribution is 6.21. The zero-order valence-electron chi connectivity index (χ0n) is 9.26. The first-order valence-electron chi connectivity index (χ1n) is 5.07. The first-order chi connectivity index (χ1) is 7.10. The lowest BCUT2D eigenvalue weighted by atomic mass is 9.96. The van der Waals surface area contributed by atoms with Crippen LogP contribution in [0.15, 0.2) is 18.2 Å². The van der Waals surface area contributed by atoms with Crippen LogP contribution in [0.2, 0.25) is 0 Å². The molecule has 0 saturated carbocycles. The molecule has 0 bridgehead atoms. The zero-order valence-corrected chi connectivity index (χ0v) is 10.0. The molecule has 0 aliphatic carbocycles. The summed E-state index contributed by atoms with van der Waals surface area (Å²) < 4.78 is 18.3. The second kappa shape index (κ2) is 5.36. The van der Waals surface area contributed by atoms with Crippen LogP contribution in [-0.2, 0) is 0 Å². The van der Waals surface area contributed by atoms with E-state index in [4.69, 9.17) is 16.3 Å². The molecule has 0 heterocycles. The average Bonchev–Trinajstić information content (AvgIpc) is 2.26. The summed E-state index contributed by atoms with van der Waals surface area (Å²) in [7, 11) is 1.46. The van der Waals surface area contributed by atoms with Crippen LogP contribution in [0.3, 0.4) is 0 Å². The molecule has 2 atom stereocenters. The molecule has 15 heavy (non-hydrogen) atoms. The van der Waals surface area contributed by atoms with E-state index in [0.29, 0.717) is 0 Å². The molecular weight excluding hydrogens is 215 g/mol. The minimum Gasteiger partial charge on any atom is -0.494 e. The Labute approximate surface area is 95.2 Å². The third-order valence-electron chi connectivity index (χ3n) is 2.63. The minimum absolute atomic E-state index is 0.0396. The van der Waals surface area contributed by atoms with Crippen molar-refractivity contribution >= 4 is 11.6 Å². The first kappa shape index (κ1) is 12.3. The van der Waals surface area contributed by atoms with E-state index >= 15 is 0 Å². The standard InChI is InChI=1S/C12H16ClFO/c1-4-10(13)8(2)9-5-6-12(15-3)11(14)7-9/h5-8,10H,4H2,1-3H3. The maximum absolute atomic E-state index is 13.4. The number of halogens is 2. The van der Waals surface area contributed by atoms with Crippen molar-refractivity contribution < 1.29 is 9.13 Å². The second-order valence-electron chi connectivity index (χ2n) is 3.61. The van der Waals surface area contributed by atoms with Gasteiger partial charge in [0.1, 0.15) is 0 Å². The lowest BCUT2D eigenvalue weighted by Gasteiger charge is -2.17. The van der Waals surface area contributed by atoms with Gasteiger partial charge in [0.15, 0.2) is 11.6 Å². The summed E-state index contributed by atoms with van der Waals surface area (Å²) in [6.45, 7) is 4.02. The smallest absolute Gasteiger partial charge is 0.165 e. The van der Waals surface area contributed by atoms with E-state index < -0.39 is 0 Å². The van der Waals surface area contributed by atoms with E-state index in [9.17, 15) is 4.39 Å². The van der Waals surface area contributed by atoms with E-state index in [1.165, 1.54) is 13.2 Å². The van der Waals surface area contributed by atoms with E-state index in [-0.39, 0.29) is 22.9 Å². The van der Waals surface area contributed by atoms with Crippen molar-refractivity contribution in [2.45, 2.75) is 31.6 Å². The average molecular weight is 231 g/mol. The Balaban J connectivity index is 2.92. The Morgan fingerprint density at radius 2 is 2.13 bits per heavy atom. The number of alkyl halides is 1. The summed E-state index contributed by atoms with van der Waals surface area (Å²) in [5.41, 5.74) is 0.912. The summed E-state index contributed by atoms with van der Waals surface area (Å²) in [6, 6.07) is 4.99. The molecule has 84 valence electrons. The van der Waals surface area contributed by atoms with Crippen molar-refractivity contribution in [2.24, 2.45) is 0 Å². The topological polar surface area (TPSA) is 9.23 Å². The van der Waals surface area contributed by atoms with E-state index in [1.807, 2.05) is 19.9 Å². The zero-order chi connectivity index (χ0) is 11.4. The summed E-state index contributed by atoms with van der Waals surface area (Å²) in [6.07, 6.45) is 0.871. The Kier molecular flexibility index (Phi) is 4.40. The molecule has 0 aliphatic rings. The molecule has 3 heteroatoms. The van der Waals surface area contributed by atoms with Crippen LogP contribution in [0, 0.1) is 5.82 Å². The third-order valence-corrected chi connectivity index (χ3v) is 3.32. The van der Waals surface area contributed by atoms with E-state index in [1.54, 1.807) is 6.07 Å². The Morgan fingerprint density at radius 1 is 1.47 bits per heavy atom. The second-order valence-corrected chi connectivity index (χ2v) is 4.17. The van der Waals surface area contributed by atoms with Crippen molar-refractivity contribution in [1.82, 2.24) is 0 Å². The molecule has 0 aliphatic heterocycles. The molecule has 0 fully saturated rings. The van der Waals surface area contributed by atoms with Crippen molar-refractivity contribution in [3.8, 4) is 5.75 Å². The molecule has 0 N–H and O–H groups in total. The van der Waals surface area contributed by atoms with Gasteiger partial charge in [-0.1, -0.05) is 19.9 Å². The third kappa shape index (κ3) is 2.85. The fourth-order valence-corrected chi connectivity index (χ4v) is 1.67. The molecule has 0 spiro atoms. The fourth-order valence-electron chi connectivity index (χ4n) is 1.53. The number of ether oxygens (including phenoxy) is 1. The fraction of sp³-hybridized carbons (Fsp3) is 0.500. The van der Waals surface area contributed by atoms with Crippen LogP contribution >= 0.6 is 11.6 Å². The number of hydrogen-bond donors (Lipinski definition) is 0. The SMILES string of the molecule is CCC(Cl)C(C)c1ccc(OC)c(F)c1. The van der Waals surface area contributed by atoms with Gasteiger partial charge in [-0.3, -0.25) is 0 Å². The van der Waals surface area contributed by atoms with Crippen molar-refractivity contribution in [1.29, 1.82) is 0 Å². The van der Waals surface area contributed by atoms with Gasteiger partial charge in [0.05, 0.1) is 7.11 Å². The Bertz CT molecular complexity index is 327. The molecule has 1 nitrogen and oxygen atoms in total. The van der Waals surface area contributed by atoms with E-state index in [0.717, 1.165) is 12.0 Å². The molecule has 0 radical (unpaired) electrons. The highest BCUT2D eigenvalue weighted by Crippen LogP contribution is 2.28. The van der Waals surface area contributed by atoms with E-state index in [2.05, 4.69) is 0 Å². The van der Waals surface area contributed by atoms with Gasteiger partial charge < -0.3 is 4.74 Å². The molecule has 1 rings (SSSR count). The van der Waals surface area contributed by atoms with Crippen LogP contribution in [-0.4, -0.2) is 12.5 Å². The van der Waals surface area contributed by atoms with Crippen LogP contribution in [0.5, 0.6) is 5.75 Å². The summed E-state index contributed by atoms with van der Waals surface area (Å²) in [5, 5.41) is 0.0396. The monoisotopic (exact) mass is 230 g/mol. The lowest BCUT2D eigenvalue weighted by Crippen LogP contribution is -2.08. The van der Waals surface area contributed by atoms with Gasteiger partial charge in [0.25, 0.3) is 0 Å². The Hall–Kier alpha value is -0.760. The highest BCUT2D eigenvalue weighted by Gasteiger charge is 2.16. The molecular formula is C12H16ClFO. The van der Waals surface area contributed by atoms with Crippen molar-refractivity contribution in [3.05, 3.63) is 29.6 Å². The summed E-state index contributed by atoms with van der Waals surface area (Å²) >= 11 is 6.12. The largest absolute Gasteiger partial charge is 0.494 e. The summed E-state index contributed by atoms with van der Waals surface area (Å²) in [5.74, 6) is 0.0902. The van der Waals surface area contributed by atoms with Gasteiger partial charge in [-0.2, -0.15) is 0 Å². The van der Waals surface area contributed by atoms with Gasteiger partial charge in [0.2, 0.25) is 0 Å². The van der Waals surface area contributed by atoms with Crippen LogP contribution in [0.1, 0.15) is 31.7 Å². The lowest BCUT2D eigenvalue weighted by molar-refractivity contribution is 0.386. The molecule has 2 unspecified atom stereocenters. The molecule has 0 amide bonds. The van der Waals surface area contributed by atoms with Crippen LogP contribution in [0.25, 0.3) is 0 Å². The number of hydrogen-bond acceptors (Lipinski definition) is 1. The van der Waals surface area contributed by atoms with Crippen LogP contribution in [0.4, 0.5) is 4.39 Å². The van der Waals surface area contributed by atoms with Gasteiger partial charge in [0, 0.05) is 5.38 Å². The predicted molar refractivity (Wildman–Crippen MR) is 61.3 cm³/mol. The quantitative estimate of drug-likeness (QED) is 0.712. The van der Waals surface area contributed by atoms with Gasteiger partial charge in [-0.15, -0.1) is 11.6 Å². The highest BCUT2D eigenvalue weighted by atomic mass is 35.5. The predicted octanol–water partition coefficient (Wildman–Crippen LogP) is 3.96. The van der Waals surface area contributed by atoms with Crippen molar-refractivity contribution in [2.75, 3.05) is 7.11 Å². The molecule has 1 aromatic rings. The maximum Gasteiger partial charge on any atom is 0.165 e. The number of rotatable bonds is 4. The Morgan fingerprint density at radius 3 is 2.60 bits per heavy atom. The van der Waals surface area contributed by atoms with Gasteiger partial charge in [-0.05, 0) is 30.0 Å². The minimum atomic E-state index is -0.332. The number of benzene rings is 1. The molecule has 0 aromatic heterocycles. The maximum atomic E-state index is 13.4. The number of methoxy groups -OCH3 is 1.